The first-order chi connectivity index (χ1) is 10.1. The Balaban J connectivity index is 1.73. The second-order valence-corrected chi connectivity index (χ2v) is 6.97. The van der Waals surface area contributed by atoms with Crippen molar-refractivity contribution in [2.24, 2.45) is 0 Å². The minimum atomic E-state index is 0.220. The summed E-state index contributed by atoms with van der Waals surface area (Å²) in [6.07, 6.45) is 2.31. The van der Waals surface area contributed by atoms with E-state index in [0.717, 1.165) is 29.2 Å². The number of hydrogen-bond acceptors (Lipinski definition) is 3. The van der Waals surface area contributed by atoms with Gasteiger partial charge in [-0.1, -0.05) is 18.2 Å². The van der Waals surface area contributed by atoms with Crippen LogP contribution in [0.15, 0.2) is 24.3 Å². The minimum Gasteiger partial charge on any atom is -0.309 e. The van der Waals surface area contributed by atoms with E-state index in [4.69, 9.17) is 0 Å². The van der Waals surface area contributed by atoms with Gasteiger partial charge in [0.25, 0.3) is 0 Å². The number of fused-ring (bicyclic) bond motifs is 1. The SMILES string of the molecule is Cc1nc(C)c(CCC(=O)N2c3ccccc3CC2C)s1. The summed E-state index contributed by atoms with van der Waals surface area (Å²) in [4.78, 5) is 20.3. The maximum atomic E-state index is 12.6. The number of amides is 1. The Hall–Kier alpha value is -1.68. The van der Waals surface area contributed by atoms with E-state index < -0.39 is 0 Å². The zero-order valence-electron chi connectivity index (χ0n) is 12.7. The molecule has 1 aliphatic rings. The molecule has 0 spiro atoms. The standard InChI is InChI=1S/C17H20N2OS/c1-11-10-14-6-4-5-7-15(14)19(11)17(20)9-8-16-12(2)18-13(3)21-16/h4-7,11H,8-10H2,1-3H3. The number of carbonyl (C=O) groups excluding carboxylic acids is 1. The van der Waals surface area contributed by atoms with Gasteiger partial charge in [0.15, 0.2) is 0 Å². The van der Waals surface area contributed by atoms with Gasteiger partial charge < -0.3 is 4.90 Å². The van der Waals surface area contributed by atoms with Crippen molar-refractivity contribution >= 4 is 22.9 Å². The van der Waals surface area contributed by atoms with Gasteiger partial charge in [-0.2, -0.15) is 0 Å². The molecule has 3 nitrogen and oxygen atoms in total. The van der Waals surface area contributed by atoms with Crippen LogP contribution in [-0.2, 0) is 17.6 Å². The molecule has 4 heteroatoms. The molecule has 1 aromatic carbocycles. The summed E-state index contributed by atoms with van der Waals surface area (Å²) in [6.45, 7) is 6.17. The molecule has 1 atom stereocenters. The first kappa shape index (κ1) is 14.3. The number of nitrogens with zero attached hydrogens (tertiary/aromatic N) is 2. The molecule has 0 aliphatic carbocycles. The Labute approximate surface area is 129 Å². The van der Waals surface area contributed by atoms with E-state index in [1.807, 2.05) is 30.9 Å². The fourth-order valence-electron chi connectivity index (χ4n) is 3.09. The van der Waals surface area contributed by atoms with E-state index >= 15 is 0 Å². The number of benzene rings is 1. The van der Waals surface area contributed by atoms with Crippen molar-refractivity contribution in [3.63, 3.8) is 0 Å². The highest BCUT2D eigenvalue weighted by Crippen LogP contribution is 2.32. The topological polar surface area (TPSA) is 33.2 Å². The van der Waals surface area contributed by atoms with Gasteiger partial charge in [-0.15, -0.1) is 11.3 Å². The average molecular weight is 300 g/mol. The lowest BCUT2D eigenvalue weighted by Gasteiger charge is -2.22. The molecule has 1 aromatic heterocycles. The summed E-state index contributed by atoms with van der Waals surface area (Å²) >= 11 is 1.70. The van der Waals surface area contributed by atoms with Crippen LogP contribution in [0, 0.1) is 13.8 Å². The van der Waals surface area contributed by atoms with Crippen molar-refractivity contribution in [1.82, 2.24) is 4.98 Å². The molecular formula is C17H20N2OS. The van der Waals surface area contributed by atoms with Crippen LogP contribution in [0.25, 0.3) is 0 Å². The highest BCUT2D eigenvalue weighted by atomic mass is 32.1. The van der Waals surface area contributed by atoms with Crippen molar-refractivity contribution in [2.45, 2.75) is 46.1 Å². The maximum absolute atomic E-state index is 12.6. The molecule has 3 rings (SSSR count). The molecular weight excluding hydrogens is 280 g/mol. The third-order valence-electron chi connectivity index (χ3n) is 4.04. The first-order valence-corrected chi connectivity index (χ1v) is 8.21. The van der Waals surface area contributed by atoms with Crippen LogP contribution in [0.4, 0.5) is 5.69 Å². The van der Waals surface area contributed by atoms with Crippen molar-refractivity contribution in [2.75, 3.05) is 4.90 Å². The van der Waals surface area contributed by atoms with E-state index in [-0.39, 0.29) is 11.9 Å². The van der Waals surface area contributed by atoms with Gasteiger partial charge in [-0.3, -0.25) is 4.79 Å². The molecule has 0 saturated carbocycles. The zero-order chi connectivity index (χ0) is 15.0. The monoisotopic (exact) mass is 300 g/mol. The van der Waals surface area contributed by atoms with Crippen molar-refractivity contribution < 1.29 is 4.79 Å². The number of carbonyl (C=O) groups is 1. The third-order valence-corrected chi connectivity index (χ3v) is 5.17. The second-order valence-electron chi connectivity index (χ2n) is 5.69. The molecule has 0 saturated heterocycles. The van der Waals surface area contributed by atoms with Gasteiger partial charge in [-0.05, 0) is 45.2 Å². The molecule has 1 aliphatic heterocycles. The number of hydrogen-bond donors (Lipinski definition) is 0. The summed E-state index contributed by atoms with van der Waals surface area (Å²) in [5.74, 6) is 0.220. The van der Waals surface area contributed by atoms with Crippen LogP contribution in [0.1, 0.15) is 34.5 Å². The molecule has 2 aromatic rings. The lowest BCUT2D eigenvalue weighted by atomic mass is 10.1. The number of thiazole rings is 1. The van der Waals surface area contributed by atoms with Crippen LogP contribution >= 0.6 is 11.3 Å². The van der Waals surface area contributed by atoms with Crippen LogP contribution < -0.4 is 4.90 Å². The Morgan fingerprint density at radius 3 is 2.86 bits per heavy atom. The highest BCUT2D eigenvalue weighted by molar-refractivity contribution is 7.11. The molecule has 0 radical (unpaired) electrons. The smallest absolute Gasteiger partial charge is 0.227 e. The Bertz CT molecular complexity index is 677. The number of anilines is 1. The summed E-state index contributed by atoms with van der Waals surface area (Å²) in [7, 11) is 0. The quantitative estimate of drug-likeness (QED) is 0.866. The maximum Gasteiger partial charge on any atom is 0.227 e. The van der Waals surface area contributed by atoms with E-state index in [2.05, 4.69) is 24.0 Å². The lowest BCUT2D eigenvalue weighted by molar-refractivity contribution is -0.118. The summed E-state index contributed by atoms with van der Waals surface area (Å²) in [5, 5.41) is 1.08. The average Bonchev–Trinajstić information content (AvgIpc) is 2.94. The lowest BCUT2D eigenvalue weighted by Crippen LogP contribution is -2.35. The molecule has 2 heterocycles. The van der Waals surface area contributed by atoms with E-state index in [1.165, 1.54) is 10.4 Å². The summed E-state index contributed by atoms with van der Waals surface area (Å²) < 4.78 is 0. The van der Waals surface area contributed by atoms with Gasteiger partial charge >= 0.3 is 0 Å². The molecule has 1 amide bonds. The molecule has 110 valence electrons. The molecule has 0 fully saturated rings. The van der Waals surface area contributed by atoms with Crippen molar-refractivity contribution in [3.8, 4) is 0 Å². The predicted molar refractivity (Wildman–Crippen MR) is 87.0 cm³/mol. The Kier molecular flexibility index (Phi) is 3.81. The van der Waals surface area contributed by atoms with Gasteiger partial charge in [0.05, 0.1) is 10.7 Å². The minimum absolute atomic E-state index is 0.220. The number of aromatic nitrogens is 1. The summed E-state index contributed by atoms with van der Waals surface area (Å²) in [5.41, 5.74) is 3.44. The molecule has 21 heavy (non-hydrogen) atoms. The second kappa shape index (κ2) is 5.60. The normalized spacial score (nSPS) is 17.1. The predicted octanol–water partition coefficient (Wildman–Crippen LogP) is 3.67. The largest absolute Gasteiger partial charge is 0.309 e. The fraction of sp³-hybridized carbons (Fsp3) is 0.412. The van der Waals surface area contributed by atoms with Crippen molar-refractivity contribution in [1.29, 1.82) is 0 Å². The fourth-order valence-corrected chi connectivity index (χ4v) is 4.03. The van der Waals surface area contributed by atoms with E-state index in [0.29, 0.717) is 6.42 Å². The number of para-hydroxylation sites is 1. The molecule has 0 bridgehead atoms. The summed E-state index contributed by atoms with van der Waals surface area (Å²) in [6, 6.07) is 8.49. The number of rotatable bonds is 3. The van der Waals surface area contributed by atoms with Gasteiger partial charge in [-0.25, -0.2) is 4.98 Å². The number of aryl methyl sites for hydroxylation is 3. The van der Waals surface area contributed by atoms with Crippen LogP contribution in [-0.4, -0.2) is 16.9 Å². The van der Waals surface area contributed by atoms with Crippen LogP contribution in [0.5, 0.6) is 0 Å². The first-order valence-electron chi connectivity index (χ1n) is 7.39. The van der Waals surface area contributed by atoms with Gasteiger partial charge in [0.1, 0.15) is 0 Å². The molecule has 1 unspecified atom stereocenters. The Morgan fingerprint density at radius 2 is 2.14 bits per heavy atom. The highest BCUT2D eigenvalue weighted by Gasteiger charge is 2.30. The zero-order valence-corrected chi connectivity index (χ0v) is 13.5. The van der Waals surface area contributed by atoms with Gasteiger partial charge in [0, 0.05) is 23.0 Å². The van der Waals surface area contributed by atoms with Crippen molar-refractivity contribution in [3.05, 3.63) is 45.4 Å². The van der Waals surface area contributed by atoms with Gasteiger partial charge in [0.2, 0.25) is 5.91 Å². The van der Waals surface area contributed by atoms with Crippen LogP contribution in [0.2, 0.25) is 0 Å². The Morgan fingerprint density at radius 1 is 1.38 bits per heavy atom. The van der Waals surface area contributed by atoms with E-state index in [9.17, 15) is 4.79 Å². The van der Waals surface area contributed by atoms with Crippen LogP contribution in [0.3, 0.4) is 0 Å². The van der Waals surface area contributed by atoms with E-state index in [1.54, 1.807) is 11.3 Å². The molecule has 0 N–H and O–H groups in total. The third kappa shape index (κ3) is 2.72.